The van der Waals surface area contributed by atoms with Gasteiger partial charge >= 0.3 is 0 Å². The Kier molecular flexibility index (Phi) is 3.60. The second-order valence-corrected chi connectivity index (χ2v) is 7.20. The molecule has 2 aromatic rings. The number of ether oxygens (including phenoxy) is 1. The van der Waals surface area contributed by atoms with Crippen molar-refractivity contribution in [2.45, 2.75) is 29.8 Å². The lowest BCUT2D eigenvalue weighted by Gasteiger charge is -2.22. The van der Waals surface area contributed by atoms with Crippen LogP contribution in [0.5, 0.6) is 5.75 Å². The first-order chi connectivity index (χ1) is 10.8. The first-order valence-electron chi connectivity index (χ1n) is 7.62. The van der Waals surface area contributed by atoms with Crippen molar-refractivity contribution in [3.63, 3.8) is 0 Å². The van der Waals surface area contributed by atoms with E-state index in [1.165, 1.54) is 0 Å². The molecule has 2 fully saturated rings. The van der Waals surface area contributed by atoms with Crippen molar-refractivity contribution >= 4 is 21.8 Å². The second-order valence-electron chi connectivity index (χ2n) is 5.79. The lowest BCUT2D eigenvalue weighted by atomic mass is 10.1. The van der Waals surface area contributed by atoms with Crippen LogP contribution in [0, 0.1) is 0 Å². The van der Waals surface area contributed by atoms with E-state index < -0.39 is 11.0 Å². The zero-order valence-corrected chi connectivity index (χ0v) is 13.3. The minimum absolute atomic E-state index is 0.379. The van der Waals surface area contributed by atoms with Crippen LogP contribution in [0.25, 0.3) is 10.8 Å². The molecule has 1 aromatic heterocycles. The van der Waals surface area contributed by atoms with Crippen molar-refractivity contribution in [1.82, 2.24) is 14.6 Å². The van der Waals surface area contributed by atoms with Gasteiger partial charge in [0, 0.05) is 35.6 Å². The van der Waals surface area contributed by atoms with E-state index in [-0.39, 0.29) is 0 Å². The Hall–Kier alpha value is -1.50. The fourth-order valence-corrected chi connectivity index (χ4v) is 5.24. The Bertz CT molecular complexity index is 731. The van der Waals surface area contributed by atoms with Crippen molar-refractivity contribution in [3.05, 3.63) is 30.6 Å². The van der Waals surface area contributed by atoms with Crippen molar-refractivity contribution in [3.8, 4) is 5.75 Å². The largest absolute Gasteiger partial charge is 0.494 e. The molecular weight excluding hydrogens is 298 g/mol. The SMILES string of the molecule is COc1cncc2cccc(S(=O)N3CCC4NCCC43)c12. The second kappa shape index (κ2) is 5.61. The van der Waals surface area contributed by atoms with Crippen LogP contribution < -0.4 is 10.1 Å². The molecule has 0 bridgehead atoms. The molecule has 4 rings (SSSR count). The lowest BCUT2D eigenvalue weighted by molar-refractivity contribution is 0.411. The third kappa shape index (κ3) is 2.14. The molecule has 1 N–H and O–H groups in total. The molecule has 0 radical (unpaired) electrons. The molecule has 2 saturated heterocycles. The topological polar surface area (TPSA) is 54.5 Å². The van der Waals surface area contributed by atoms with Gasteiger partial charge < -0.3 is 10.1 Å². The molecule has 0 amide bonds. The minimum atomic E-state index is -1.17. The number of hydrogen-bond acceptors (Lipinski definition) is 4. The van der Waals surface area contributed by atoms with Gasteiger partial charge in [0.1, 0.15) is 16.7 Å². The molecule has 5 nitrogen and oxygen atoms in total. The van der Waals surface area contributed by atoms with Crippen LogP contribution >= 0.6 is 0 Å². The van der Waals surface area contributed by atoms with Gasteiger partial charge in [0.25, 0.3) is 0 Å². The van der Waals surface area contributed by atoms with E-state index >= 15 is 0 Å². The molecule has 0 spiro atoms. The van der Waals surface area contributed by atoms with E-state index in [2.05, 4.69) is 14.6 Å². The van der Waals surface area contributed by atoms with Crippen LogP contribution in [0.15, 0.2) is 35.5 Å². The van der Waals surface area contributed by atoms with Gasteiger partial charge in [-0.05, 0) is 25.5 Å². The van der Waals surface area contributed by atoms with E-state index in [0.717, 1.165) is 41.6 Å². The predicted octanol–water partition coefficient (Wildman–Crippen LogP) is 1.70. The van der Waals surface area contributed by atoms with Crippen LogP contribution in [-0.2, 0) is 11.0 Å². The third-order valence-corrected chi connectivity index (χ3v) is 6.27. The molecule has 3 unspecified atom stereocenters. The first-order valence-corrected chi connectivity index (χ1v) is 8.73. The predicted molar refractivity (Wildman–Crippen MR) is 86.2 cm³/mol. The molecule has 2 aliphatic heterocycles. The number of aromatic nitrogens is 1. The Labute approximate surface area is 132 Å². The van der Waals surface area contributed by atoms with Crippen LogP contribution in [-0.4, -0.2) is 45.8 Å². The number of methoxy groups -OCH3 is 1. The summed E-state index contributed by atoms with van der Waals surface area (Å²) in [5, 5.41) is 5.38. The quantitative estimate of drug-likeness (QED) is 0.936. The Morgan fingerprint density at radius 3 is 3.14 bits per heavy atom. The average Bonchev–Trinajstić information content (AvgIpc) is 3.16. The van der Waals surface area contributed by atoms with Crippen molar-refractivity contribution in [2.24, 2.45) is 0 Å². The monoisotopic (exact) mass is 317 g/mol. The molecule has 6 heteroatoms. The Morgan fingerprint density at radius 2 is 2.27 bits per heavy atom. The fourth-order valence-electron chi connectivity index (χ4n) is 3.63. The summed E-state index contributed by atoms with van der Waals surface area (Å²) in [5.74, 6) is 0.682. The van der Waals surface area contributed by atoms with Crippen molar-refractivity contribution < 1.29 is 8.95 Å². The van der Waals surface area contributed by atoms with Gasteiger partial charge in [0.15, 0.2) is 0 Å². The standard InChI is InChI=1S/C16H19N3O2S/c1-21-14-10-17-9-11-3-2-4-15(16(11)14)22(20)19-8-6-12-13(19)5-7-18-12/h2-4,9-10,12-13,18H,5-8H2,1H3. The number of fused-ring (bicyclic) bond motifs is 2. The van der Waals surface area contributed by atoms with Crippen LogP contribution in [0.4, 0.5) is 0 Å². The number of nitrogens with one attached hydrogen (secondary N) is 1. The zero-order chi connectivity index (χ0) is 15.1. The third-order valence-electron chi connectivity index (χ3n) is 4.67. The van der Waals surface area contributed by atoms with Crippen molar-refractivity contribution in [2.75, 3.05) is 20.2 Å². The number of hydrogen-bond donors (Lipinski definition) is 1. The molecule has 1 aromatic carbocycles. The Morgan fingerprint density at radius 1 is 1.36 bits per heavy atom. The number of rotatable bonds is 3. The molecule has 0 saturated carbocycles. The highest BCUT2D eigenvalue weighted by Crippen LogP contribution is 2.34. The van der Waals surface area contributed by atoms with Gasteiger partial charge in [-0.15, -0.1) is 0 Å². The molecule has 3 heterocycles. The summed E-state index contributed by atoms with van der Waals surface area (Å²) in [6.45, 7) is 1.89. The molecule has 0 aliphatic carbocycles. The smallest absolute Gasteiger partial charge is 0.146 e. The van der Waals surface area contributed by atoms with Gasteiger partial charge in [-0.2, -0.15) is 0 Å². The lowest BCUT2D eigenvalue weighted by Crippen LogP contribution is -2.35. The molecule has 22 heavy (non-hydrogen) atoms. The highest BCUT2D eigenvalue weighted by Gasteiger charge is 2.40. The first kappa shape index (κ1) is 14.1. The van der Waals surface area contributed by atoms with E-state index in [1.54, 1.807) is 19.5 Å². The van der Waals surface area contributed by atoms with Gasteiger partial charge in [-0.3, -0.25) is 4.98 Å². The summed E-state index contributed by atoms with van der Waals surface area (Å²) in [7, 11) is 0.458. The van der Waals surface area contributed by atoms with E-state index in [1.807, 2.05) is 18.2 Å². The maximum Gasteiger partial charge on any atom is 0.146 e. The summed E-state index contributed by atoms with van der Waals surface area (Å²) in [6, 6.07) is 6.73. The number of nitrogens with zero attached hydrogens (tertiary/aromatic N) is 2. The fraction of sp³-hybridized carbons (Fsp3) is 0.438. The summed E-state index contributed by atoms with van der Waals surface area (Å²) >= 11 is 0. The average molecular weight is 317 g/mol. The van der Waals surface area contributed by atoms with Crippen LogP contribution in [0.1, 0.15) is 12.8 Å². The maximum atomic E-state index is 13.2. The van der Waals surface area contributed by atoms with Gasteiger partial charge in [-0.25, -0.2) is 8.51 Å². The highest BCUT2D eigenvalue weighted by molar-refractivity contribution is 7.83. The summed E-state index contributed by atoms with van der Waals surface area (Å²) in [5.41, 5.74) is 0. The van der Waals surface area contributed by atoms with E-state index in [9.17, 15) is 4.21 Å². The summed E-state index contributed by atoms with van der Waals surface area (Å²) in [4.78, 5) is 5.01. The number of pyridine rings is 1. The van der Waals surface area contributed by atoms with Gasteiger partial charge in [0.2, 0.25) is 0 Å². The Balaban J connectivity index is 1.79. The molecule has 2 aliphatic rings. The molecular formula is C16H19N3O2S. The number of benzene rings is 1. The van der Waals surface area contributed by atoms with Crippen LogP contribution in [0.2, 0.25) is 0 Å². The normalized spacial score (nSPS) is 26.2. The van der Waals surface area contributed by atoms with Gasteiger partial charge in [-0.1, -0.05) is 12.1 Å². The van der Waals surface area contributed by atoms with E-state index in [4.69, 9.17) is 4.74 Å². The van der Waals surface area contributed by atoms with Crippen LogP contribution in [0.3, 0.4) is 0 Å². The minimum Gasteiger partial charge on any atom is -0.494 e. The van der Waals surface area contributed by atoms with Gasteiger partial charge in [0.05, 0.1) is 18.2 Å². The maximum absolute atomic E-state index is 13.2. The summed E-state index contributed by atoms with van der Waals surface area (Å²) < 4.78 is 20.8. The summed E-state index contributed by atoms with van der Waals surface area (Å²) in [6.07, 6.45) is 5.62. The molecule has 3 atom stereocenters. The van der Waals surface area contributed by atoms with E-state index in [0.29, 0.717) is 17.8 Å². The zero-order valence-electron chi connectivity index (χ0n) is 12.5. The van der Waals surface area contributed by atoms with Crippen molar-refractivity contribution in [1.29, 1.82) is 0 Å². The highest BCUT2D eigenvalue weighted by atomic mass is 32.2. The molecule has 116 valence electrons.